The van der Waals surface area contributed by atoms with Crippen LogP contribution in [0.15, 0.2) is 121 Å². The summed E-state index contributed by atoms with van der Waals surface area (Å²) >= 11 is 0. The molecule has 4 aromatic carbocycles. The Labute approximate surface area is 195 Å². The number of carbonyl (C=O) groups is 1. The van der Waals surface area contributed by atoms with E-state index in [1.54, 1.807) is 13.0 Å². The quantitative estimate of drug-likeness (QED) is 0.192. The van der Waals surface area contributed by atoms with Crippen LogP contribution in [0.2, 0.25) is 0 Å². The molecule has 0 saturated heterocycles. The first-order valence-electron chi connectivity index (χ1n) is 11.1. The summed E-state index contributed by atoms with van der Waals surface area (Å²) in [6, 6.07) is 39.5. The SMILES string of the molecule is CCOC(=O)/C=C/c1ccc(NC(c2ccccc2)(c2ccccc2)c2ccccc2)cc1. The molecule has 0 aromatic heterocycles. The standard InChI is InChI=1S/C30H27NO2/c1-2-33-29(32)23-20-24-18-21-28(22-19-24)31-30(25-12-6-3-7-13-25,26-14-8-4-9-15-26)27-16-10-5-11-17-27/h3-23,31H,2H2,1H3/b23-20+. The fourth-order valence-electron chi connectivity index (χ4n) is 4.03. The van der Waals surface area contributed by atoms with E-state index in [4.69, 9.17) is 4.74 Å². The molecule has 164 valence electrons. The molecule has 33 heavy (non-hydrogen) atoms. The highest BCUT2D eigenvalue weighted by Crippen LogP contribution is 2.39. The van der Waals surface area contributed by atoms with E-state index >= 15 is 0 Å². The molecule has 0 aliphatic rings. The van der Waals surface area contributed by atoms with Crippen molar-refractivity contribution >= 4 is 17.7 Å². The summed E-state index contributed by atoms with van der Waals surface area (Å²) in [6.45, 7) is 2.16. The number of esters is 1. The van der Waals surface area contributed by atoms with Crippen LogP contribution in [0.4, 0.5) is 5.69 Å². The number of rotatable bonds is 8. The minimum absolute atomic E-state index is 0.337. The van der Waals surface area contributed by atoms with Crippen LogP contribution in [0.3, 0.4) is 0 Å². The van der Waals surface area contributed by atoms with Crippen LogP contribution in [0.25, 0.3) is 6.08 Å². The molecule has 3 nitrogen and oxygen atoms in total. The maximum Gasteiger partial charge on any atom is 0.330 e. The second kappa shape index (κ2) is 10.5. The van der Waals surface area contributed by atoms with Gasteiger partial charge in [-0.3, -0.25) is 0 Å². The molecule has 4 aromatic rings. The maximum atomic E-state index is 11.6. The summed E-state index contributed by atoms with van der Waals surface area (Å²) in [7, 11) is 0. The Balaban J connectivity index is 1.77. The molecule has 0 unspecified atom stereocenters. The molecule has 0 aliphatic heterocycles. The number of ether oxygens (including phenoxy) is 1. The fourth-order valence-corrected chi connectivity index (χ4v) is 4.03. The van der Waals surface area contributed by atoms with E-state index < -0.39 is 5.54 Å². The number of hydrogen-bond acceptors (Lipinski definition) is 3. The average Bonchev–Trinajstić information content (AvgIpc) is 2.88. The van der Waals surface area contributed by atoms with Crippen molar-refractivity contribution in [2.75, 3.05) is 11.9 Å². The van der Waals surface area contributed by atoms with Crippen molar-refractivity contribution in [2.45, 2.75) is 12.5 Å². The molecule has 1 N–H and O–H groups in total. The first kappa shape index (κ1) is 22.1. The highest BCUT2D eigenvalue weighted by Gasteiger charge is 2.36. The highest BCUT2D eigenvalue weighted by molar-refractivity contribution is 5.87. The Morgan fingerprint density at radius 3 is 1.61 bits per heavy atom. The van der Waals surface area contributed by atoms with Gasteiger partial charge in [0.1, 0.15) is 5.54 Å². The van der Waals surface area contributed by atoms with E-state index in [2.05, 4.69) is 78.1 Å². The largest absolute Gasteiger partial charge is 0.463 e. The predicted molar refractivity (Wildman–Crippen MR) is 135 cm³/mol. The monoisotopic (exact) mass is 433 g/mol. The van der Waals surface area contributed by atoms with Gasteiger partial charge in [0.05, 0.1) is 6.61 Å². The summed E-state index contributed by atoms with van der Waals surface area (Å²) in [5.74, 6) is -0.337. The van der Waals surface area contributed by atoms with Gasteiger partial charge in [-0.2, -0.15) is 0 Å². The van der Waals surface area contributed by atoms with Crippen molar-refractivity contribution in [3.05, 3.63) is 144 Å². The molecule has 0 aliphatic carbocycles. The molecule has 0 amide bonds. The van der Waals surface area contributed by atoms with E-state index in [1.807, 2.05) is 42.5 Å². The zero-order valence-corrected chi connectivity index (χ0v) is 18.6. The zero-order chi connectivity index (χ0) is 22.9. The summed E-state index contributed by atoms with van der Waals surface area (Å²) in [5, 5.41) is 3.84. The van der Waals surface area contributed by atoms with E-state index in [0.717, 1.165) is 27.9 Å². The van der Waals surface area contributed by atoms with Crippen LogP contribution in [0, 0.1) is 0 Å². The topological polar surface area (TPSA) is 38.3 Å². The van der Waals surface area contributed by atoms with E-state index in [1.165, 1.54) is 6.08 Å². The third-order valence-corrected chi connectivity index (χ3v) is 5.56. The number of anilines is 1. The Kier molecular flexibility index (Phi) is 7.01. The Morgan fingerprint density at radius 1 is 0.727 bits per heavy atom. The molecular weight excluding hydrogens is 406 g/mol. The molecule has 4 rings (SSSR count). The second-order valence-corrected chi connectivity index (χ2v) is 7.68. The lowest BCUT2D eigenvalue weighted by molar-refractivity contribution is -0.137. The fraction of sp³-hybridized carbons (Fsp3) is 0.100. The number of carbonyl (C=O) groups excluding carboxylic acids is 1. The first-order chi connectivity index (χ1) is 16.2. The van der Waals surface area contributed by atoms with Gasteiger partial charge in [0, 0.05) is 11.8 Å². The molecule has 0 radical (unpaired) electrons. The van der Waals surface area contributed by atoms with Crippen molar-refractivity contribution in [2.24, 2.45) is 0 Å². The van der Waals surface area contributed by atoms with Crippen LogP contribution in [-0.4, -0.2) is 12.6 Å². The van der Waals surface area contributed by atoms with Gasteiger partial charge < -0.3 is 10.1 Å². The molecule has 0 spiro atoms. The Morgan fingerprint density at radius 2 is 1.18 bits per heavy atom. The Bertz CT molecular complexity index is 1090. The van der Waals surface area contributed by atoms with Gasteiger partial charge in [0.2, 0.25) is 0 Å². The molecule has 0 fully saturated rings. The smallest absolute Gasteiger partial charge is 0.330 e. The van der Waals surface area contributed by atoms with Crippen LogP contribution in [0.1, 0.15) is 29.2 Å². The van der Waals surface area contributed by atoms with Crippen LogP contribution < -0.4 is 5.32 Å². The highest BCUT2D eigenvalue weighted by atomic mass is 16.5. The van der Waals surface area contributed by atoms with Crippen LogP contribution >= 0.6 is 0 Å². The molecule has 0 atom stereocenters. The number of hydrogen-bond donors (Lipinski definition) is 1. The zero-order valence-electron chi connectivity index (χ0n) is 18.6. The number of benzene rings is 4. The van der Waals surface area contributed by atoms with Gasteiger partial charge >= 0.3 is 5.97 Å². The minimum atomic E-state index is -0.577. The molecule has 3 heteroatoms. The Hall–Kier alpha value is -4.11. The predicted octanol–water partition coefficient (Wildman–Crippen LogP) is 6.67. The lowest BCUT2D eigenvalue weighted by atomic mass is 9.77. The molecule has 0 saturated carbocycles. The van der Waals surface area contributed by atoms with Crippen LogP contribution in [0.5, 0.6) is 0 Å². The summed E-state index contributed by atoms with van der Waals surface area (Å²) in [5.41, 5.74) is 4.76. The third-order valence-electron chi connectivity index (χ3n) is 5.56. The average molecular weight is 434 g/mol. The van der Waals surface area contributed by atoms with Gasteiger partial charge in [0.15, 0.2) is 0 Å². The number of nitrogens with one attached hydrogen (secondary N) is 1. The lowest BCUT2D eigenvalue weighted by Gasteiger charge is -2.38. The van der Waals surface area contributed by atoms with E-state index in [0.29, 0.717) is 6.61 Å². The van der Waals surface area contributed by atoms with Crippen molar-refractivity contribution in [1.82, 2.24) is 0 Å². The van der Waals surface area contributed by atoms with Crippen molar-refractivity contribution in [1.29, 1.82) is 0 Å². The van der Waals surface area contributed by atoms with Gasteiger partial charge in [0.25, 0.3) is 0 Å². The van der Waals surface area contributed by atoms with Crippen LogP contribution in [-0.2, 0) is 15.1 Å². The normalized spacial score (nSPS) is 11.3. The van der Waals surface area contributed by atoms with Gasteiger partial charge in [-0.25, -0.2) is 4.79 Å². The molecule has 0 bridgehead atoms. The third kappa shape index (κ3) is 5.04. The summed E-state index contributed by atoms with van der Waals surface area (Å²) in [6.07, 6.45) is 3.22. The van der Waals surface area contributed by atoms with E-state index in [9.17, 15) is 4.79 Å². The van der Waals surface area contributed by atoms with Gasteiger partial charge in [-0.15, -0.1) is 0 Å². The second-order valence-electron chi connectivity index (χ2n) is 7.68. The van der Waals surface area contributed by atoms with Crippen molar-refractivity contribution in [3.8, 4) is 0 Å². The summed E-state index contributed by atoms with van der Waals surface area (Å²) in [4.78, 5) is 11.6. The lowest BCUT2D eigenvalue weighted by Crippen LogP contribution is -2.38. The first-order valence-corrected chi connectivity index (χ1v) is 11.1. The molecule has 0 heterocycles. The summed E-state index contributed by atoms with van der Waals surface area (Å²) < 4.78 is 4.96. The minimum Gasteiger partial charge on any atom is -0.463 e. The van der Waals surface area contributed by atoms with Gasteiger partial charge in [-0.05, 0) is 47.4 Å². The van der Waals surface area contributed by atoms with Crippen molar-refractivity contribution in [3.63, 3.8) is 0 Å². The van der Waals surface area contributed by atoms with Gasteiger partial charge in [-0.1, -0.05) is 103 Å². The maximum absolute atomic E-state index is 11.6. The van der Waals surface area contributed by atoms with Crippen molar-refractivity contribution < 1.29 is 9.53 Å². The molecular formula is C30H27NO2. The van der Waals surface area contributed by atoms with E-state index in [-0.39, 0.29) is 5.97 Å².